The summed E-state index contributed by atoms with van der Waals surface area (Å²) in [5.74, 6) is -0.167. The molecule has 0 heterocycles. The van der Waals surface area contributed by atoms with Crippen LogP contribution in [0.1, 0.15) is 5.56 Å². The lowest BCUT2D eigenvalue weighted by molar-refractivity contribution is -0.119. The average molecular weight is 247 g/mol. The minimum atomic E-state index is -0.167. The van der Waals surface area contributed by atoms with Gasteiger partial charge in [0.15, 0.2) is 0 Å². The lowest BCUT2D eigenvalue weighted by Gasteiger charge is -2.05. The Morgan fingerprint density at radius 3 is 2.73 bits per heavy atom. The molecule has 3 N–H and O–H groups in total. The van der Waals surface area contributed by atoms with Gasteiger partial charge in [-0.25, -0.2) is 0 Å². The van der Waals surface area contributed by atoms with E-state index in [1.165, 1.54) is 0 Å². The second kappa shape index (κ2) is 5.95. The highest BCUT2D eigenvalue weighted by molar-refractivity contribution is 6.35. The molecule has 0 saturated carbocycles. The summed E-state index contributed by atoms with van der Waals surface area (Å²) in [7, 11) is 0. The van der Waals surface area contributed by atoms with Crippen LogP contribution in [0, 0.1) is 0 Å². The van der Waals surface area contributed by atoms with Gasteiger partial charge in [-0.1, -0.05) is 29.3 Å². The first kappa shape index (κ1) is 12.3. The quantitative estimate of drug-likeness (QED) is 0.849. The summed E-state index contributed by atoms with van der Waals surface area (Å²) < 4.78 is 0. The average Bonchev–Trinajstić information content (AvgIpc) is 2.21. The fourth-order valence-corrected chi connectivity index (χ4v) is 1.64. The predicted octanol–water partition coefficient (Wildman–Crippen LogP) is 1.61. The molecule has 0 saturated heterocycles. The van der Waals surface area contributed by atoms with Crippen LogP contribution in [0.3, 0.4) is 0 Å². The fraction of sp³-hybridized carbons (Fsp3) is 0.300. The number of rotatable bonds is 4. The number of carbonyl (C=O) groups is 1. The summed E-state index contributed by atoms with van der Waals surface area (Å²) >= 11 is 11.7. The second-order valence-corrected chi connectivity index (χ2v) is 3.88. The van der Waals surface area contributed by atoms with E-state index < -0.39 is 0 Å². The van der Waals surface area contributed by atoms with Gasteiger partial charge in [0.2, 0.25) is 5.91 Å². The Morgan fingerprint density at radius 2 is 2.13 bits per heavy atom. The summed E-state index contributed by atoms with van der Waals surface area (Å²) in [5.41, 5.74) is 6.10. The van der Waals surface area contributed by atoms with E-state index in [0.29, 0.717) is 23.0 Å². The van der Waals surface area contributed by atoms with Crippen molar-refractivity contribution in [2.45, 2.75) is 6.42 Å². The van der Waals surface area contributed by atoms with E-state index in [1.807, 2.05) is 6.07 Å². The molecule has 3 nitrogen and oxygen atoms in total. The molecule has 1 aromatic carbocycles. The van der Waals surface area contributed by atoms with Gasteiger partial charge in [-0.05, 0) is 24.1 Å². The molecule has 0 fully saturated rings. The lowest BCUT2D eigenvalue weighted by Crippen LogP contribution is -2.31. The molecule has 0 bridgehead atoms. The summed E-state index contributed by atoms with van der Waals surface area (Å²) in [4.78, 5) is 10.9. The zero-order chi connectivity index (χ0) is 11.3. The third kappa shape index (κ3) is 4.08. The van der Waals surface area contributed by atoms with E-state index in [1.54, 1.807) is 12.1 Å². The molecule has 0 aliphatic heterocycles. The van der Waals surface area contributed by atoms with Crippen molar-refractivity contribution in [3.8, 4) is 0 Å². The third-order valence-electron chi connectivity index (χ3n) is 1.92. The molecule has 0 aliphatic rings. The van der Waals surface area contributed by atoms with Gasteiger partial charge < -0.3 is 11.1 Å². The normalized spacial score (nSPS) is 10.1. The van der Waals surface area contributed by atoms with Crippen LogP contribution >= 0.6 is 23.2 Å². The summed E-state index contributed by atoms with van der Waals surface area (Å²) in [6.07, 6.45) is 0.668. The number of nitrogens with two attached hydrogens (primary N) is 1. The van der Waals surface area contributed by atoms with Crippen LogP contribution in [-0.4, -0.2) is 19.0 Å². The maximum absolute atomic E-state index is 10.9. The lowest BCUT2D eigenvalue weighted by atomic mass is 10.1. The van der Waals surface area contributed by atoms with Gasteiger partial charge in [0.1, 0.15) is 0 Å². The highest BCUT2D eigenvalue weighted by atomic mass is 35.5. The highest BCUT2D eigenvalue weighted by Crippen LogP contribution is 2.20. The molecule has 82 valence electrons. The molecule has 0 radical (unpaired) electrons. The Hall–Kier alpha value is -0.770. The molecule has 1 amide bonds. The van der Waals surface area contributed by atoms with Crippen molar-refractivity contribution in [3.63, 3.8) is 0 Å². The molecule has 0 aromatic heterocycles. The molecule has 0 spiro atoms. The number of benzene rings is 1. The van der Waals surface area contributed by atoms with E-state index in [4.69, 9.17) is 28.9 Å². The topological polar surface area (TPSA) is 55.1 Å². The van der Waals surface area contributed by atoms with E-state index in [0.717, 1.165) is 5.56 Å². The Labute approximate surface area is 98.5 Å². The first-order valence-corrected chi connectivity index (χ1v) is 5.29. The SMILES string of the molecule is NCC(=O)NCCc1ccc(Cl)cc1Cl. The molecule has 1 aromatic rings. The molecule has 0 atom stereocenters. The Morgan fingerprint density at radius 1 is 1.40 bits per heavy atom. The fourth-order valence-electron chi connectivity index (χ4n) is 1.13. The molecule has 0 aliphatic carbocycles. The molecular weight excluding hydrogens is 235 g/mol. The van der Waals surface area contributed by atoms with E-state index in [9.17, 15) is 4.79 Å². The Bertz CT molecular complexity index is 355. The Balaban J connectivity index is 2.47. The standard InChI is InChI=1S/C10H12Cl2N2O/c11-8-2-1-7(9(12)5-8)3-4-14-10(15)6-13/h1-2,5H,3-4,6,13H2,(H,14,15). The monoisotopic (exact) mass is 246 g/mol. The number of hydrogen-bond donors (Lipinski definition) is 2. The summed E-state index contributed by atoms with van der Waals surface area (Å²) in [6.45, 7) is 0.533. The van der Waals surface area contributed by atoms with Crippen LogP contribution in [0.5, 0.6) is 0 Å². The van der Waals surface area contributed by atoms with Crippen LogP contribution in [0.25, 0.3) is 0 Å². The van der Waals surface area contributed by atoms with Crippen molar-refractivity contribution in [3.05, 3.63) is 33.8 Å². The van der Waals surface area contributed by atoms with Crippen LogP contribution in [0.15, 0.2) is 18.2 Å². The van der Waals surface area contributed by atoms with Crippen LogP contribution in [0.4, 0.5) is 0 Å². The van der Waals surface area contributed by atoms with Crippen molar-refractivity contribution in [2.24, 2.45) is 5.73 Å². The van der Waals surface area contributed by atoms with Crippen LogP contribution < -0.4 is 11.1 Å². The van der Waals surface area contributed by atoms with Crippen molar-refractivity contribution < 1.29 is 4.79 Å². The van der Waals surface area contributed by atoms with Crippen molar-refractivity contribution in [1.29, 1.82) is 0 Å². The first-order chi connectivity index (χ1) is 7.13. The molecule has 1 rings (SSSR count). The van der Waals surface area contributed by atoms with Gasteiger partial charge in [-0.3, -0.25) is 4.79 Å². The maximum Gasteiger partial charge on any atom is 0.233 e. The number of amides is 1. The van der Waals surface area contributed by atoms with E-state index in [2.05, 4.69) is 5.32 Å². The Kier molecular flexibility index (Phi) is 4.88. The maximum atomic E-state index is 10.9. The van der Waals surface area contributed by atoms with Gasteiger partial charge in [-0.2, -0.15) is 0 Å². The molecular formula is C10H12Cl2N2O. The highest BCUT2D eigenvalue weighted by Gasteiger charge is 2.02. The smallest absolute Gasteiger partial charge is 0.233 e. The number of nitrogens with one attached hydrogen (secondary N) is 1. The van der Waals surface area contributed by atoms with Crippen molar-refractivity contribution >= 4 is 29.1 Å². The second-order valence-electron chi connectivity index (χ2n) is 3.04. The molecule has 15 heavy (non-hydrogen) atoms. The van der Waals surface area contributed by atoms with Gasteiger partial charge in [0.05, 0.1) is 6.54 Å². The summed E-state index contributed by atoms with van der Waals surface area (Å²) in [5, 5.41) is 3.89. The van der Waals surface area contributed by atoms with Crippen molar-refractivity contribution in [1.82, 2.24) is 5.32 Å². The zero-order valence-electron chi connectivity index (χ0n) is 8.09. The van der Waals surface area contributed by atoms with Gasteiger partial charge in [-0.15, -0.1) is 0 Å². The van der Waals surface area contributed by atoms with Crippen molar-refractivity contribution in [2.75, 3.05) is 13.1 Å². The van der Waals surface area contributed by atoms with E-state index >= 15 is 0 Å². The summed E-state index contributed by atoms with van der Waals surface area (Å²) in [6, 6.07) is 5.30. The number of halogens is 2. The largest absolute Gasteiger partial charge is 0.355 e. The predicted molar refractivity (Wildman–Crippen MR) is 62.2 cm³/mol. The van der Waals surface area contributed by atoms with E-state index in [-0.39, 0.29) is 12.5 Å². The zero-order valence-corrected chi connectivity index (χ0v) is 9.61. The van der Waals surface area contributed by atoms with Crippen LogP contribution in [0.2, 0.25) is 10.0 Å². The van der Waals surface area contributed by atoms with Gasteiger partial charge in [0, 0.05) is 16.6 Å². The minimum Gasteiger partial charge on any atom is -0.355 e. The molecule has 0 unspecified atom stereocenters. The van der Waals surface area contributed by atoms with Gasteiger partial charge >= 0.3 is 0 Å². The number of carbonyl (C=O) groups excluding carboxylic acids is 1. The van der Waals surface area contributed by atoms with Gasteiger partial charge in [0.25, 0.3) is 0 Å². The minimum absolute atomic E-state index is 0.00828. The number of hydrogen-bond acceptors (Lipinski definition) is 2. The molecule has 5 heteroatoms. The first-order valence-electron chi connectivity index (χ1n) is 4.54. The van der Waals surface area contributed by atoms with Crippen LogP contribution in [-0.2, 0) is 11.2 Å². The third-order valence-corrected chi connectivity index (χ3v) is 2.50.